The number of piperidine rings is 1. The van der Waals surface area contributed by atoms with E-state index in [1.54, 1.807) is 0 Å². The summed E-state index contributed by atoms with van der Waals surface area (Å²) in [6.07, 6.45) is 4.21. The number of nitriles is 1. The highest BCUT2D eigenvalue weighted by Gasteiger charge is 2.48. The van der Waals surface area contributed by atoms with Crippen molar-refractivity contribution in [2.45, 2.75) is 43.2 Å². The summed E-state index contributed by atoms with van der Waals surface area (Å²) >= 11 is 0. The molecule has 3 aliphatic rings. The number of likely N-dealkylation sites (tertiary alicyclic amines) is 1. The summed E-state index contributed by atoms with van der Waals surface area (Å²) in [6, 6.07) is 20.6. The van der Waals surface area contributed by atoms with Gasteiger partial charge < -0.3 is 10.2 Å². The third-order valence-electron chi connectivity index (χ3n) is 7.54. The van der Waals surface area contributed by atoms with E-state index in [9.17, 15) is 9.65 Å². The van der Waals surface area contributed by atoms with Crippen molar-refractivity contribution in [3.8, 4) is 6.07 Å². The van der Waals surface area contributed by atoms with Gasteiger partial charge in [0.15, 0.2) is 0 Å². The Labute approximate surface area is 184 Å². The lowest BCUT2D eigenvalue weighted by molar-refractivity contribution is 0.0299. The van der Waals surface area contributed by atoms with Gasteiger partial charge in [-0.1, -0.05) is 30.3 Å². The molecule has 5 heteroatoms. The molecule has 1 aliphatic carbocycles. The van der Waals surface area contributed by atoms with Crippen LogP contribution in [0, 0.1) is 23.1 Å². The van der Waals surface area contributed by atoms with E-state index in [2.05, 4.69) is 51.5 Å². The molecule has 2 aliphatic heterocycles. The van der Waals surface area contributed by atoms with E-state index in [0.29, 0.717) is 18.4 Å². The van der Waals surface area contributed by atoms with Crippen molar-refractivity contribution >= 4 is 5.69 Å². The van der Waals surface area contributed by atoms with Crippen molar-refractivity contribution in [2.24, 2.45) is 5.92 Å². The van der Waals surface area contributed by atoms with Gasteiger partial charge >= 0.3 is 0 Å². The molecule has 0 spiro atoms. The SMILES string of the molecule is N#CCC1(N2CCC(CNC3CC3c3ccccc3)CC2)CN(c2ccc(F)cc2)C1. The van der Waals surface area contributed by atoms with Crippen LogP contribution in [0.3, 0.4) is 0 Å². The average molecular weight is 419 g/mol. The maximum Gasteiger partial charge on any atom is 0.123 e. The standard InChI is InChI=1S/C26H31FN4/c27-22-6-8-23(9-7-22)30-18-26(19-30,12-13-28)31-14-10-20(11-15-31)17-29-25-16-24(25)21-4-2-1-3-5-21/h1-9,20,24-25,29H,10-12,14-19H2. The first-order chi connectivity index (χ1) is 15.2. The Hall–Kier alpha value is -2.42. The van der Waals surface area contributed by atoms with Crippen LogP contribution in [0.1, 0.15) is 37.2 Å². The Balaban J connectivity index is 1.09. The van der Waals surface area contributed by atoms with E-state index in [-0.39, 0.29) is 11.4 Å². The second-order valence-electron chi connectivity index (χ2n) is 9.59. The highest BCUT2D eigenvalue weighted by Crippen LogP contribution is 2.41. The lowest BCUT2D eigenvalue weighted by atomic mass is 9.81. The summed E-state index contributed by atoms with van der Waals surface area (Å²) in [7, 11) is 0. The predicted molar refractivity (Wildman–Crippen MR) is 121 cm³/mol. The van der Waals surface area contributed by atoms with Gasteiger partial charge in [0, 0.05) is 30.7 Å². The molecule has 2 aromatic rings. The molecule has 31 heavy (non-hydrogen) atoms. The van der Waals surface area contributed by atoms with Crippen molar-refractivity contribution in [3.05, 3.63) is 66.0 Å². The van der Waals surface area contributed by atoms with Crippen LogP contribution < -0.4 is 10.2 Å². The van der Waals surface area contributed by atoms with E-state index in [1.807, 2.05) is 12.1 Å². The maximum absolute atomic E-state index is 13.2. The molecule has 2 atom stereocenters. The molecule has 2 heterocycles. The largest absolute Gasteiger partial charge is 0.368 e. The number of rotatable bonds is 7. The second kappa shape index (κ2) is 8.61. The molecule has 2 aromatic carbocycles. The average Bonchev–Trinajstić information content (AvgIpc) is 3.56. The Bertz CT molecular complexity index is 909. The topological polar surface area (TPSA) is 42.3 Å². The Morgan fingerprint density at radius 3 is 2.42 bits per heavy atom. The van der Waals surface area contributed by atoms with Crippen LogP contribution in [0.25, 0.3) is 0 Å². The minimum Gasteiger partial charge on any atom is -0.368 e. The summed E-state index contributed by atoms with van der Waals surface area (Å²) in [4.78, 5) is 4.82. The van der Waals surface area contributed by atoms with Gasteiger partial charge in [-0.2, -0.15) is 5.26 Å². The lowest BCUT2D eigenvalue weighted by Gasteiger charge is -2.57. The number of hydrogen-bond donors (Lipinski definition) is 1. The van der Waals surface area contributed by atoms with Gasteiger partial charge in [0.1, 0.15) is 5.82 Å². The molecule has 0 bridgehead atoms. The zero-order chi connectivity index (χ0) is 21.3. The summed E-state index contributed by atoms with van der Waals surface area (Å²) in [5.41, 5.74) is 2.46. The molecular formula is C26H31FN4. The first kappa shape index (κ1) is 20.5. The molecule has 2 saturated heterocycles. The molecular weight excluding hydrogens is 387 g/mol. The first-order valence-electron chi connectivity index (χ1n) is 11.6. The van der Waals surface area contributed by atoms with Crippen molar-refractivity contribution in [2.75, 3.05) is 37.6 Å². The first-order valence-corrected chi connectivity index (χ1v) is 11.6. The fraction of sp³-hybridized carbons (Fsp3) is 0.500. The molecule has 1 saturated carbocycles. The van der Waals surface area contributed by atoms with E-state index >= 15 is 0 Å². The smallest absolute Gasteiger partial charge is 0.123 e. The van der Waals surface area contributed by atoms with Crippen LogP contribution in [0.2, 0.25) is 0 Å². The van der Waals surface area contributed by atoms with E-state index in [4.69, 9.17) is 0 Å². The van der Waals surface area contributed by atoms with Crippen molar-refractivity contribution in [1.82, 2.24) is 10.2 Å². The fourth-order valence-electron chi connectivity index (χ4n) is 5.49. The van der Waals surface area contributed by atoms with Gasteiger partial charge in [-0.3, -0.25) is 4.90 Å². The van der Waals surface area contributed by atoms with E-state index in [1.165, 1.54) is 37.0 Å². The van der Waals surface area contributed by atoms with Crippen LogP contribution in [-0.2, 0) is 0 Å². The minimum absolute atomic E-state index is 0.0452. The number of hydrogen-bond acceptors (Lipinski definition) is 4. The number of benzene rings is 2. The van der Waals surface area contributed by atoms with Crippen LogP contribution in [0.4, 0.5) is 10.1 Å². The normalized spacial score (nSPS) is 25.6. The molecule has 162 valence electrons. The quantitative estimate of drug-likeness (QED) is 0.733. The van der Waals surface area contributed by atoms with E-state index < -0.39 is 0 Å². The van der Waals surface area contributed by atoms with Gasteiger partial charge in [0.05, 0.1) is 18.0 Å². The van der Waals surface area contributed by atoms with Gasteiger partial charge in [-0.25, -0.2) is 4.39 Å². The summed E-state index contributed by atoms with van der Waals surface area (Å²) in [6.45, 7) is 4.96. The molecule has 0 amide bonds. The minimum atomic E-state index is -0.204. The third-order valence-corrected chi connectivity index (χ3v) is 7.54. The maximum atomic E-state index is 13.2. The van der Waals surface area contributed by atoms with Crippen LogP contribution in [0.15, 0.2) is 54.6 Å². The fourth-order valence-corrected chi connectivity index (χ4v) is 5.49. The Kier molecular flexibility index (Phi) is 5.69. The zero-order valence-corrected chi connectivity index (χ0v) is 18.0. The molecule has 0 aromatic heterocycles. The van der Waals surface area contributed by atoms with Gasteiger partial charge in [-0.15, -0.1) is 0 Å². The Morgan fingerprint density at radius 1 is 1.03 bits per heavy atom. The number of nitrogens with one attached hydrogen (secondary N) is 1. The molecule has 4 nitrogen and oxygen atoms in total. The predicted octanol–water partition coefficient (Wildman–Crippen LogP) is 4.16. The molecule has 3 fully saturated rings. The number of anilines is 1. The van der Waals surface area contributed by atoms with E-state index in [0.717, 1.165) is 44.3 Å². The second-order valence-corrected chi connectivity index (χ2v) is 9.59. The molecule has 2 unspecified atom stereocenters. The van der Waals surface area contributed by atoms with Crippen molar-refractivity contribution < 1.29 is 4.39 Å². The summed E-state index contributed by atoms with van der Waals surface area (Å²) in [5.74, 6) is 1.21. The molecule has 0 radical (unpaired) electrons. The number of nitrogens with zero attached hydrogens (tertiary/aromatic N) is 3. The summed E-state index contributed by atoms with van der Waals surface area (Å²) < 4.78 is 13.2. The van der Waals surface area contributed by atoms with Crippen molar-refractivity contribution in [3.63, 3.8) is 0 Å². The van der Waals surface area contributed by atoms with Gasteiger partial charge in [-0.05, 0) is 74.6 Å². The third kappa shape index (κ3) is 4.33. The van der Waals surface area contributed by atoms with Crippen LogP contribution in [-0.4, -0.2) is 49.2 Å². The Morgan fingerprint density at radius 2 is 1.74 bits per heavy atom. The highest BCUT2D eigenvalue weighted by molar-refractivity contribution is 5.51. The zero-order valence-electron chi connectivity index (χ0n) is 18.0. The lowest BCUT2D eigenvalue weighted by Crippen LogP contribution is -2.71. The highest BCUT2D eigenvalue weighted by atomic mass is 19.1. The van der Waals surface area contributed by atoms with Gasteiger partial charge in [0.25, 0.3) is 0 Å². The van der Waals surface area contributed by atoms with Crippen LogP contribution in [0.5, 0.6) is 0 Å². The monoisotopic (exact) mass is 418 g/mol. The molecule has 1 N–H and O–H groups in total. The number of halogens is 1. The molecule has 5 rings (SSSR count). The summed E-state index contributed by atoms with van der Waals surface area (Å²) in [5, 5.41) is 13.3. The van der Waals surface area contributed by atoms with Gasteiger partial charge in [0.2, 0.25) is 0 Å². The van der Waals surface area contributed by atoms with Crippen LogP contribution >= 0.6 is 0 Å². The van der Waals surface area contributed by atoms with Crippen molar-refractivity contribution in [1.29, 1.82) is 5.26 Å².